The summed E-state index contributed by atoms with van der Waals surface area (Å²) in [6.45, 7) is 1.61. The van der Waals surface area contributed by atoms with E-state index in [0.29, 0.717) is 5.92 Å². The fraction of sp³-hybridized carbons (Fsp3) is 0.750. The van der Waals surface area contributed by atoms with E-state index in [1.165, 1.54) is 6.42 Å². The largest absolute Gasteiger partial charge is 0.396 e. The average Bonchev–Trinajstić information content (AvgIpc) is 3.11. The van der Waals surface area contributed by atoms with Crippen molar-refractivity contribution in [3.8, 4) is 0 Å². The first-order valence-electron chi connectivity index (χ1n) is 10.4. The summed E-state index contributed by atoms with van der Waals surface area (Å²) in [7, 11) is 0. The molecule has 2 atom stereocenters. The maximum atomic E-state index is 11.0. The van der Waals surface area contributed by atoms with Crippen molar-refractivity contribution in [1.82, 2.24) is 19.5 Å². The highest BCUT2D eigenvalue weighted by Crippen LogP contribution is 2.49. The molecular formula is C20H29N5O3. The maximum Gasteiger partial charge on any atom is 0.165 e. The molecule has 0 amide bonds. The molecule has 2 aromatic heterocycles. The molecule has 2 aromatic rings. The van der Waals surface area contributed by atoms with Gasteiger partial charge in [-0.2, -0.15) is 0 Å². The lowest BCUT2D eigenvalue weighted by Crippen LogP contribution is -2.53. The molecule has 0 aromatic carbocycles. The van der Waals surface area contributed by atoms with E-state index in [4.69, 9.17) is 0 Å². The Morgan fingerprint density at radius 2 is 1.89 bits per heavy atom. The summed E-state index contributed by atoms with van der Waals surface area (Å²) < 4.78 is 2.06. The Morgan fingerprint density at radius 1 is 1.07 bits per heavy atom. The number of aliphatic hydroxyl groups excluding tert-OH is 2. The number of hydrogen-bond donors (Lipinski definition) is 3. The van der Waals surface area contributed by atoms with Crippen molar-refractivity contribution >= 4 is 17.0 Å². The minimum atomic E-state index is -0.510. The Kier molecular flexibility index (Phi) is 4.33. The second-order valence-electron chi connectivity index (χ2n) is 9.14. The molecule has 3 aliphatic rings. The van der Waals surface area contributed by atoms with Gasteiger partial charge in [0.2, 0.25) is 0 Å². The summed E-state index contributed by atoms with van der Waals surface area (Å²) >= 11 is 0. The van der Waals surface area contributed by atoms with Gasteiger partial charge in [0.05, 0.1) is 25.1 Å². The number of aliphatic hydroxyl groups is 3. The lowest BCUT2D eigenvalue weighted by Gasteiger charge is -2.47. The first-order chi connectivity index (χ1) is 13.6. The molecule has 2 unspecified atom stereocenters. The Labute approximate surface area is 164 Å². The summed E-state index contributed by atoms with van der Waals surface area (Å²) in [6.07, 6.45) is 9.94. The Hall–Kier alpha value is -1.77. The molecule has 5 rings (SSSR count). The summed E-state index contributed by atoms with van der Waals surface area (Å²) in [5.41, 5.74) is 0.720. The van der Waals surface area contributed by atoms with E-state index in [9.17, 15) is 15.3 Å². The van der Waals surface area contributed by atoms with Gasteiger partial charge in [-0.25, -0.2) is 15.0 Å². The van der Waals surface area contributed by atoms with Gasteiger partial charge in [-0.05, 0) is 32.1 Å². The van der Waals surface area contributed by atoms with Gasteiger partial charge in [0.25, 0.3) is 0 Å². The van der Waals surface area contributed by atoms with E-state index >= 15 is 0 Å². The first kappa shape index (κ1) is 18.3. The fourth-order valence-corrected chi connectivity index (χ4v) is 5.55. The first-order valence-corrected chi connectivity index (χ1v) is 10.4. The Bertz CT molecular complexity index is 859. The molecule has 152 valence electrons. The second-order valence-corrected chi connectivity index (χ2v) is 9.14. The molecule has 2 saturated carbocycles. The van der Waals surface area contributed by atoms with E-state index in [-0.39, 0.29) is 24.7 Å². The fourth-order valence-electron chi connectivity index (χ4n) is 5.55. The van der Waals surface area contributed by atoms with Gasteiger partial charge < -0.3 is 24.8 Å². The molecule has 1 saturated heterocycles. The van der Waals surface area contributed by atoms with Gasteiger partial charge in [0, 0.05) is 30.5 Å². The van der Waals surface area contributed by atoms with Crippen LogP contribution in [0.3, 0.4) is 0 Å². The van der Waals surface area contributed by atoms with Crippen molar-refractivity contribution in [3.05, 3.63) is 12.7 Å². The molecule has 0 radical (unpaired) electrons. The standard InChI is InChI=1S/C20H29N5O3/c26-10-19(11-27)7-15(8-19)25-13-23-16-17(21-12-22-18(16)25)24-6-5-20(28)4-2-1-3-14(20)9-24/h12-15,26-28H,1-11H2. The summed E-state index contributed by atoms with van der Waals surface area (Å²) in [5, 5.41) is 30.1. The van der Waals surface area contributed by atoms with Crippen molar-refractivity contribution in [2.24, 2.45) is 11.3 Å². The van der Waals surface area contributed by atoms with Crippen molar-refractivity contribution in [2.45, 2.75) is 56.6 Å². The molecule has 1 aliphatic heterocycles. The monoisotopic (exact) mass is 387 g/mol. The molecule has 0 bridgehead atoms. The minimum absolute atomic E-state index is 0.00490. The van der Waals surface area contributed by atoms with Crippen LogP contribution in [0.1, 0.15) is 51.0 Å². The van der Waals surface area contributed by atoms with Gasteiger partial charge in [-0.1, -0.05) is 12.8 Å². The Balaban J connectivity index is 1.41. The van der Waals surface area contributed by atoms with E-state index in [1.54, 1.807) is 6.33 Å². The summed E-state index contributed by atoms with van der Waals surface area (Å²) in [4.78, 5) is 15.9. The quantitative estimate of drug-likeness (QED) is 0.725. The average molecular weight is 387 g/mol. The van der Waals surface area contributed by atoms with Gasteiger partial charge in [-0.3, -0.25) is 0 Å². The third-order valence-electron chi connectivity index (χ3n) is 7.47. The highest BCUT2D eigenvalue weighted by Gasteiger charge is 2.45. The lowest BCUT2D eigenvalue weighted by atomic mass is 9.66. The number of fused-ring (bicyclic) bond motifs is 2. The summed E-state index contributed by atoms with van der Waals surface area (Å²) in [6, 6.07) is 0.192. The van der Waals surface area contributed by atoms with Crippen LogP contribution in [0.5, 0.6) is 0 Å². The van der Waals surface area contributed by atoms with Crippen LogP contribution in [-0.2, 0) is 0 Å². The van der Waals surface area contributed by atoms with Crippen LogP contribution in [-0.4, -0.2) is 66.7 Å². The SMILES string of the molecule is OCC1(CO)CC(n2cnc3c(N4CCC5(O)CCCCC5C4)ncnc32)C1. The molecule has 2 aliphatic carbocycles. The molecule has 3 heterocycles. The molecule has 8 nitrogen and oxygen atoms in total. The van der Waals surface area contributed by atoms with Crippen molar-refractivity contribution < 1.29 is 15.3 Å². The predicted octanol–water partition coefficient (Wildman–Crippen LogP) is 1.26. The van der Waals surface area contributed by atoms with E-state index in [0.717, 1.165) is 68.6 Å². The smallest absolute Gasteiger partial charge is 0.165 e. The molecule has 8 heteroatoms. The molecule has 3 fully saturated rings. The van der Waals surface area contributed by atoms with Crippen LogP contribution >= 0.6 is 0 Å². The zero-order valence-corrected chi connectivity index (χ0v) is 16.2. The van der Waals surface area contributed by atoms with Gasteiger partial charge in [0.15, 0.2) is 17.0 Å². The minimum Gasteiger partial charge on any atom is -0.396 e. The lowest BCUT2D eigenvalue weighted by molar-refractivity contribution is -0.0613. The number of rotatable bonds is 4. The van der Waals surface area contributed by atoms with Crippen molar-refractivity contribution in [3.63, 3.8) is 0 Å². The third kappa shape index (κ3) is 2.73. The van der Waals surface area contributed by atoms with Gasteiger partial charge >= 0.3 is 0 Å². The number of hydrogen-bond acceptors (Lipinski definition) is 7. The number of aromatic nitrogens is 4. The zero-order valence-electron chi connectivity index (χ0n) is 16.2. The van der Waals surface area contributed by atoms with E-state index in [2.05, 4.69) is 24.4 Å². The van der Waals surface area contributed by atoms with E-state index in [1.807, 2.05) is 6.33 Å². The maximum absolute atomic E-state index is 11.0. The summed E-state index contributed by atoms with van der Waals surface area (Å²) in [5.74, 6) is 1.15. The highest BCUT2D eigenvalue weighted by molar-refractivity contribution is 5.83. The number of piperidine rings is 1. The van der Waals surface area contributed by atoms with Gasteiger partial charge in [-0.15, -0.1) is 0 Å². The normalized spacial score (nSPS) is 30.2. The molecule has 0 spiro atoms. The number of nitrogens with zero attached hydrogens (tertiary/aromatic N) is 5. The van der Waals surface area contributed by atoms with Gasteiger partial charge in [0.1, 0.15) is 6.33 Å². The van der Waals surface area contributed by atoms with Crippen LogP contribution in [0.2, 0.25) is 0 Å². The predicted molar refractivity (Wildman–Crippen MR) is 104 cm³/mol. The number of anilines is 1. The Morgan fingerprint density at radius 3 is 2.68 bits per heavy atom. The van der Waals surface area contributed by atoms with Crippen LogP contribution in [0.4, 0.5) is 5.82 Å². The highest BCUT2D eigenvalue weighted by atomic mass is 16.3. The molecule has 3 N–H and O–H groups in total. The van der Waals surface area contributed by atoms with Crippen molar-refractivity contribution in [2.75, 3.05) is 31.2 Å². The van der Waals surface area contributed by atoms with Crippen molar-refractivity contribution in [1.29, 1.82) is 0 Å². The van der Waals surface area contributed by atoms with E-state index < -0.39 is 5.60 Å². The molecule has 28 heavy (non-hydrogen) atoms. The zero-order chi connectivity index (χ0) is 19.4. The topological polar surface area (TPSA) is 108 Å². The molecular weight excluding hydrogens is 358 g/mol. The number of imidazole rings is 1. The third-order valence-corrected chi connectivity index (χ3v) is 7.47. The second kappa shape index (κ2) is 6.64. The van der Waals surface area contributed by atoms with Crippen LogP contribution < -0.4 is 4.90 Å². The van der Waals surface area contributed by atoms with Crippen LogP contribution in [0.15, 0.2) is 12.7 Å². The van der Waals surface area contributed by atoms with Crippen LogP contribution in [0.25, 0.3) is 11.2 Å². The van der Waals surface area contributed by atoms with Crippen LogP contribution in [0, 0.1) is 11.3 Å².